The number of carbonyl (C=O) groups is 1. The van der Waals surface area contributed by atoms with E-state index in [9.17, 15) is 9.18 Å². The Hall–Kier alpha value is -1.42. The number of benzene rings is 1. The first-order valence-electron chi connectivity index (χ1n) is 7.00. The Kier molecular flexibility index (Phi) is 4.91. The normalized spacial score (nSPS) is 16.9. The number of rotatable bonds is 3. The first-order valence-corrected chi connectivity index (χ1v) is 7.00. The summed E-state index contributed by atoms with van der Waals surface area (Å²) < 4.78 is 13.8. The van der Waals surface area contributed by atoms with Crippen molar-refractivity contribution < 1.29 is 9.18 Å². The van der Waals surface area contributed by atoms with E-state index in [1.807, 2.05) is 0 Å². The monoisotopic (exact) mass is 264 g/mol. The van der Waals surface area contributed by atoms with Crippen molar-refractivity contribution in [1.29, 1.82) is 0 Å². The van der Waals surface area contributed by atoms with E-state index in [2.05, 4.69) is 5.32 Å². The van der Waals surface area contributed by atoms with Crippen molar-refractivity contribution in [1.82, 2.24) is 0 Å². The highest BCUT2D eigenvalue weighted by molar-refractivity contribution is 5.92. The summed E-state index contributed by atoms with van der Waals surface area (Å²) in [5.41, 5.74) is 6.43. The second kappa shape index (κ2) is 6.66. The fourth-order valence-electron chi connectivity index (χ4n) is 2.56. The molecule has 2 rings (SSSR count). The lowest BCUT2D eigenvalue weighted by Crippen LogP contribution is -2.23. The van der Waals surface area contributed by atoms with Crippen LogP contribution in [0.2, 0.25) is 0 Å². The van der Waals surface area contributed by atoms with E-state index >= 15 is 0 Å². The number of halogens is 1. The molecule has 1 amide bonds. The number of nitrogens with one attached hydrogen (secondary N) is 1. The van der Waals surface area contributed by atoms with Crippen LogP contribution in [-0.4, -0.2) is 5.91 Å². The van der Waals surface area contributed by atoms with E-state index in [-0.39, 0.29) is 17.5 Å². The molecule has 0 aromatic heterocycles. The van der Waals surface area contributed by atoms with Gasteiger partial charge in [0.05, 0.1) is 5.69 Å². The molecule has 1 aromatic carbocycles. The Morgan fingerprint density at radius 2 is 1.95 bits per heavy atom. The summed E-state index contributed by atoms with van der Waals surface area (Å²) >= 11 is 0. The minimum Gasteiger partial charge on any atom is -0.326 e. The SMILES string of the molecule is NCc1ccc(NC(=O)C2CCCCCC2)c(F)c1. The molecule has 0 heterocycles. The Morgan fingerprint density at radius 1 is 1.26 bits per heavy atom. The van der Waals surface area contributed by atoms with E-state index < -0.39 is 5.82 Å². The third-order valence-corrected chi connectivity index (χ3v) is 3.75. The number of anilines is 1. The standard InChI is InChI=1S/C15H21FN2O/c16-13-9-11(10-17)7-8-14(13)18-15(19)12-5-3-1-2-4-6-12/h7-9,12H,1-6,10,17H2,(H,18,19). The molecular formula is C15H21FN2O. The third kappa shape index (κ3) is 3.77. The molecule has 0 saturated heterocycles. The maximum Gasteiger partial charge on any atom is 0.227 e. The summed E-state index contributed by atoms with van der Waals surface area (Å²) in [4.78, 5) is 12.1. The van der Waals surface area contributed by atoms with Gasteiger partial charge in [-0.1, -0.05) is 31.7 Å². The average molecular weight is 264 g/mol. The topological polar surface area (TPSA) is 55.1 Å². The molecule has 1 saturated carbocycles. The zero-order chi connectivity index (χ0) is 13.7. The van der Waals surface area contributed by atoms with Crippen LogP contribution in [0.15, 0.2) is 18.2 Å². The summed E-state index contributed by atoms with van der Waals surface area (Å²) in [5, 5.41) is 2.70. The molecule has 0 aliphatic heterocycles. The van der Waals surface area contributed by atoms with Crippen molar-refractivity contribution in [3.05, 3.63) is 29.6 Å². The van der Waals surface area contributed by atoms with Crippen LogP contribution in [0.1, 0.15) is 44.1 Å². The van der Waals surface area contributed by atoms with E-state index in [4.69, 9.17) is 5.73 Å². The van der Waals surface area contributed by atoms with Gasteiger partial charge < -0.3 is 11.1 Å². The van der Waals surface area contributed by atoms with Crippen molar-refractivity contribution in [2.75, 3.05) is 5.32 Å². The summed E-state index contributed by atoms with van der Waals surface area (Å²) in [6.07, 6.45) is 6.40. The number of carbonyl (C=O) groups excluding carboxylic acids is 1. The van der Waals surface area contributed by atoms with Gasteiger partial charge in [0.15, 0.2) is 0 Å². The summed E-state index contributed by atoms with van der Waals surface area (Å²) in [7, 11) is 0. The average Bonchev–Trinajstić information content (AvgIpc) is 2.70. The van der Waals surface area contributed by atoms with Gasteiger partial charge in [0, 0.05) is 12.5 Å². The zero-order valence-electron chi connectivity index (χ0n) is 11.1. The number of hydrogen-bond acceptors (Lipinski definition) is 2. The Balaban J connectivity index is 2.01. The first kappa shape index (κ1) is 14.0. The Morgan fingerprint density at radius 3 is 2.53 bits per heavy atom. The minimum atomic E-state index is -0.412. The van der Waals surface area contributed by atoms with Crippen LogP contribution in [-0.2, 0) is 11.3 Å². The molecule has 0 bridgehead atoms. The Labute approximate surface area is 113 Å². The van der Waals surface area contributed by atoms with Crippen molar-refractivity contribution in [3.63, 3.8) is 0 Å². The molecule has 1 fully saturated rings. The predicted octanol–water partition coefficient (Wildman–Crippen LogP) is 3.19. The summed E-state index contributed by atoms with van der Waals surface area (Å²) in [5.74, 6) is -0.442. The first-order chi connectivity index (χ1) is 9.20. The molecule has 4 heteroatoms. The smallest absolute Gasteiger partial charge is 0.227 e. The molecule has 0 radical (unpaired) electrons. The second-order valence-electron chi connectivity index (χ2n) is 5.20. The highest BCUT2D eigenvalue weighted by atomic mass is 19.1. The zero-order valence-corrected chi connectivity index (χ0v) is 11.1. The van der Waals surface area contributed by atoms with Crippen LogP contribution in [0.25, 0.3) is 0 Å². The van der Waals surface area contributed by atoms with Gasteiger partial charge in [-0.3, -0.25) is 4.79 Å². The van der Waals surface area contributed by atoms with E-state index in [1.165, 1.54) is 18.9 Å². The molecular weight excluding hydrogens is 243 g/mol. The molecule has 19 heavy (non-hydrogen) atoms. The maximum atomic E-state index is 13.8. The molecule has 0 atom stereocenters. The van der Waals surface area contributed by atoms with Crippen molar-refractivity contribution in [3.8, 4) is 0 Å². The highest BCUT2D eigenvalue weighted by Crippen LogP contribution is 2.25. The van der Waals surface area contributed by atoms with E-state index in [0.717, 1.165) is 31.2 Å². The highest BCUT2D eigenvalue weighted by Gasteiger charge is 2.20. The van der Waals surface area contributed by atoms with Crippen LogP contribution in [0.5, 0.6) is 0 Å². The minimum absolute atomic E-state index is 0.0242. The van der Waals surface area contributed by atoms with Gasteiger partial charge in [0.2, 0.25) is 5.91 Å². The second-order valence-corrected chi connectivity index (χ2v) is 5.20. The number of nitrogens with two attached hydrogens (primary N) is 1. The van der Waals surface area contributed by atoms with Crippen molar-refractivity contribution in [2.24, 2.45) is 11.7 Å². The number of hydrogen-bond donors (Lipinski definition) is 2. The van der Waals surface area contributed by atoms with Gasteiger partial charge in [-0.25, -0.2) is 4.39 Å². The lowest BCUT2D eigenvalue weighted by molar-refractivity contribution is -0.120. The molecule has 0 spiro atoms. The van der Waals surface area contributed by atoms with Crippen LogP contribution < -0.4 is 11.1 Å². The van der Waals surface area contributed by atoms with Crippen LogP contribution >= 0.6 is 0 Å². The fraction of sp³-hybridized carbons (Fsp3) is 0.533. The van der Waals surface area contributed by atoms with Gasteiger partial charge in [-0.05, 0) is 30.5 Å². The van der Waals surface area contributed by atoms with E-state index in [1.54, 1.807) is 12.1 Å². The predicted molar refractivity (Wildman–Crippen MR) is 74.1 cm³/mol. The van der Waals surface area contributed by atoms with Gasteiger partial charge in [0.25, 0.3) is 0 Å². The molecule has 1 aliphatic carbocycles. The molecule has 1 aliphatic rings. The van der Waals surface area contributed by atoms with E-state index in [0.29, 0.717) is 6.54 Å². The quantitative estimate of drug-likeness (QED) is 0.824. The van der Waals surface area contributed by atoms with Gasteiger partial charge in [-0.2, -0.15) is 0 Å². The van der Waals surface area contributed by atoms with Gasteiger partial charge in [0.1, 0.15) is 5.82 Å². The van der Waals surface area contributed by atoms with Crippen LogP contribution in [0, 0.1) is 11.7 Å². The molecule has 104 valence electrons. The van der Waals surface area contributed by atoms with Gasteiger partial charge in [-0.15, -0.1) is 0 Å². The lowest BCUT2D eigenvalue weighted by atomic mass is 9.99. The van der Waals surface area contributed by atoms with Crippen LogP contribution in [0.4, 0.5) is 10.1 Å². The van der Waals surface area contributed by atoms with Gasteiger partial charge >= 0.3 is 0 Å². The summed E-state index contributed by atoms with van der Waals surface area (Å²) in [6, 6.07) is 4.71. The lowest BCUT2D eigenvalue weighted by Gasteiger charge is -2.14. The number of amides is 1. The third-order valence-electron chi connectivity index (χ3n) is 3.75. The molecule has 3 N–H and O–H groups in total. The maximum absolute atomic E-state index is 13.8. The largest absolute Gasteiger partial charge is 0.326 e. The van der Waals surface area contributed by atoms with Crippen molar-refractivity contribution >= 4 is 11.6 Å². The van der Waals surface area contributed by atoms with Crippen molar-refractivity contribution in [2.45, 2.75) is 45.1 Å². The Bertz CT molecular complexity index is 440. The molecule has 1 aromatic rings. The molecule has 0 unspecified atom stereocenters. The summed E-state index contributed by atoms with van der Waals surface area (Å²) in [6.45, 7) is 0.299. The van der Waals surface area contributed by atoms with Crippen LogP contribution in [0.3, 0.4) is 0 Å². The molecule has 3 nitrogen and oxygen atoms in total. The fourth-order valence-corrected chi connectivity index (χ4v) is 2.56.